The second-order valence-electron chi connectivity index (χ2n) is 3.63. The molecule has 1 aromatic rings. The predicted octanol–water partition coefficient (Wildman–Crippen LogP) is 2.34. The quantitative estimate of drug-likeness (QED) is 0.862. The summed E-state index contributed by atoms with van der Waals surface area (Å²) in [6.45, 7) is 0.426. The van der Waals surface area contributed by atoms with E-state index < -0.39 is 5.97 Å². The Kier molecular flexibility index (Phi) is 2.92. The van der Waals surface area contributed by atoms with E-state index in [1.54, 1.807) is 0 Å². The fourth-order valence-corrected chi connectivity index (χ4v) is 2.03. The molecular formula is C11H10BrNO3. The Labute approximate surface area is 101 Å². The summed E-state index contributed by atoms with van der Waals surface area (Å²) in [5.41, 5.74) is 0. The topological polar surface area (TPSA) is 53.7 Å². The Hall–Kier alpha value is -1.41. The molecule has 4 nitrogen and oxygen atoms in total. The molecule has 1 N–H and O–H groups in total. The lowest BCUT2D eigenvalue weighted by Gasteiger charge is -2.18. The zero-order valence-electron chi connectivity index (χ0n) is 8.44. The number of carboxylic acid groups (broad SMARTS) is 1. The van der Waals surface area contributed by atoms with Crippen molar-refractivity contribution in [2.45, 2.75) is 18.9 Å². The number of furan rings is 1. The van der Waals surface area contributed by atoms with Crippen LogP contribution in [0.2, 0.25) is 0 Å². The third-order valence-corrected chi connectivity index (χ3v) is 2.96. The SMILES string of the molecule is C#CCN(c1oc(C(=O)O)cc1Br)C1CC1. The highest BCUT2D eigenvalue weighted by Gasteiger charge is 2.32. The molecule has 1 aliphatic rings. The molecule has 0 aliphatic heterocycles. The molecule has 5 heteroatoms. The maximum absolute atomic E-state index is 10.8. The van der Waals surface area contributed by atoms with Crippen molar-refractivity contribution >= 4 is 27.8 Å². The summed E-state index contributed by atoms with van der Waals surface area (Å²) in [6, 6.07) is 1.82. The highest BCUT2D eigenvalue weighted by atomic mass is 79.9. The molecule has 0 atom stereocenters. The molecule has 1 heterocycles. The van der Waals surface area contributed by atoms with Crippen LogP contribution < -0.4 is 4.90 Å². The van der Waals surface area contributed by atoms with Crippen LogP contribution >= 0.6 is 15.9 Å². The van der Waals surface area contributed by atoms with E-state index in [1.807, 2.05) is 4.90 Å². The normalized spacial score (nSPS) is 14.5. The van der Waals surface area contributed by atoms with E-state index in [4.69, 9.17) is 15.9 Å². The summed E-state index contributed by atoms with van der Waals surface area (Å²) in [7, 11) is 0. The molecule has 1 aromatic heterocycles. The zero-order valence-corrected chi connectivity index (χ0v) is 10.0. The fraction of sp³-hybridized carbons (Fsp3) is 0.364. The first kappa shape index (κ1) is 11.1. The molecule has 0 spiro atoms. The van der Waals surface area contributed by atoms with Crippen LogP contribution in [0.1, 0.15) is 23.4 Å². The smallest absolute Gasteiger partial charge is 0.371 e. The molecule has 1 aliphatic carbocycles. The zero-order chi connectivity index (χ0) is 11.7. The second-order valence-corrected chi connectivity index (χ2v) is 4.49. The van der Waals surface area contributed by atoms with Gasteiger partial charge in [-0.3, -0.25) is 0 Å². The van der Waals surface area contributed by atoms with Crippen LogP contribution in [0.5, 0.6) is 0 Å². The maximum Gasteiger partial charge on any atom is 0.371 e. The van der Waals surface area contributed by atoms with E-state index in [0.717, 1.165) is 12.8 Å². The van der Waals surface area contributed by atoms with Gasteiger partial charge in [-0.15, -0.1) is 6.42 Å². The van der Waals surface area contributed by atoms with E-state index >= 15 is 0 Å². The summed E-state index contributed by atoms with van der Waals surface area (Å²) >= 11 is 3.28. The van der Waals surface area contributed by atoms with Crippen molar-refractivity contribution < 1.29 is 14.3 Å². The summed E-state index contributed by atoms with van der Waals surface area (Å²) in [5, 5.41) is 8.82. The van der Waals surface area contributed by atoms with Crippen LogP contribution in [0.4, 0.5) is 5.88 Å². The number of terminal acetylenes is 1. The number of hydrogen-bond acceptors (Lipinski definition) is 3. The van der Waals surface area contributed by atoms with Gasteiger partial charge in [0.25, 0.3) is 0 Å². The first-order valence-electron chi connectivity index (χ1n) is 4.86. The predicted molar refractivity (Wildman–Crippen MR) is 62.6 cm³/mol. The summed E-state index contributed by atoms with van der Waals surface area (Å²) in [5.74, 6) is 1.90. The largest absolute Gasteiger partial charge is 0.475 e. The van der Waals surface area contributed by atoms with Gasteiger partial charge in [0, 0.05) is 12.1 Å². The van der Waals surface area contributed by atoms with Crippen LogP contribution in [-0.4, -0.2) is 23.7 Å². The second kappa shape index (κ2) is 4.22. The van der Waals surface area contributed by atoms with Crippen molar-refractivity contribution in [1.82, 2.24) is 0 Å². The van der Waals surface area contributed by atoms with Gasteiger partial charge in [-0.05, 0) is 28.8 Å². The summed E-state index contributed by atoms with van der Waals surface area (Å²) < 4.78 is 5.91. The molecule has 0 bridgehead atoms. The number of aromatic carboxylic acids is 1. The number of nitrogens with zero attached hydrogens (tertiary/aromatic N) is 1. The van der Waals surface area contributed by atoms with Crippen LogP contribution in [0.25, 0.3) is 0 Å². The van der Waals surface area contributed by atoms with E-state index in [9.17, 15) is 4.79 Å². The molecule has 0 amide bonds. The first-order chi connectivity index (χ1) is 7.63. The lowest BCUT2D eigenvalue weighted by atomic mass is 10.4. The minimum absolute atomic E-state index is 0.0791. The number of hydrogen-bond donors (Lipinski definition) is 1. The van der Waals surface area contributed by atoms with E-state index in [-0.39, 0.29) is 5.76 Å². The standard InChI is InChI=1S/C11H10BrNO3/c1-2-5-13(7-3-4-7)10-8(12)6-9(16-10)11(14)15/h1,6-7H,3-5H2,(H,14,15). The number of carbonyl (C=O) groups is 1. The van der Waals surface area contributed by atoms with Gasteiger partial charge in [-0.2, -0.15) is 0 Å². The van der Waals surface area contributed by atoms with Gasteiger partial charge >= 0.3 is 5.97 Å². The van der Waals surface area contributed by atoms with E-state index in [0.29, 0.717) is 22.9 Å². The molecule has 84 valence electrons. The highest BCUT2D eigenvalue weighted by molar-refractivity contribution is 9.10. The Morgan fingerprint density at radius 3 is 2.88 bits per heavy atom. The van der Waals surface area contributed by atoms with Crippen LogP contribution in [0.15, 0.2) is 15.0 Å². The summed E-state index contributed by atoms with van der Waals surface area (Å²) in [4.78, 5) is 12.7. The third kappa shape index (κ3) is 2.07. The van der Waals surface area contributed by atoms with Crippen LogP contribution in [-0.2, 0) is 0 Å². The molecule has 0 aromatic carbocycles. The van der Waals surface area contributed by atoms with Crippen molar-refractivity contribution in [3.63, 3.8) is 0 Å². The van der Waals surface area contributed by atoms with E-state index in [2.05, 4.69) is 21.9 Å². The van der Waals surface area contributed by atoms with Crippen molar-refractivity contribution in [3.8, 4) is 12.3 Å². The minimum atomic E-state index is -1.08. The lowest BCUT2D eigenvalue weighted by molar-refractivity contribution is 0.0663. The van der Waals surface area contributed by atoms with Gasteiger partial charge in [0.15, 0.2) is 0 Å². The molecule has 1 fully saturated rings. The van der Waals surface area contributed by atoms with Crippen LogP contribution in [0.3, 0.4) is 0 Å². The van der Waals surface area contributed by atoms with Gasteiger partial charge in [0.05, 0.1) is 11.0 Å². The maximum atomic E-state index is 10.8. The van der Waals surface area contributed by atoms with Gasteiger partial charge < -0.3 is 14.4 Å². The highest BCUT2D eigenvalue weighted by Crippen LogP contribution is 2.37. The average molecular weight is 284 g/mol. The van der Waals surface area contributed by atoms with Gasteiger partial charge in [-0.1, -0.05) is 5.92 Å². The van der Waals surface area contributed by atoms with Crippen molar-refractivity contribution in [2.75, 3.05) is 11.4 Å². The number of carboxylic acids is 1. The third-order valence-electron chi connectivity index (χ3n) is 2.39. The monoisotopic (exact) mass is 283 g/mol. The molecule has 0 radical (unpaired) electrons. The van der Waals surface area contributed by atoms with Gasteiger partial charge in [-0.25, -0.2) is 4.79 Å². The molecule has 2 rings (SSSR count). The van der Waals surface area contributed by atoms with E-state index in [1.165, 1.54) is 6.07 Å². The number of anilines is 1. The van der Waals surface area contributed by atoms with Gasteiger partial charge in [0.1, 0.15) is 0 Å². The molecule has 0 unspecified atom stereocenters. The molecular weight excluding hydrogens is 274 g/mol. The van der Waals surface area contributed by atoms with Gasteiger partial charge in [0.2, 0.25) is 11.6 Å². The molecule has 16 heavy (non-hydrogen) atoms. The summed E-state index contributed by atoms with van der Waals surface area (Å²) in [6.07, 6.45) is 7.42. The molecule has 1 saturated carbocycles. The van der Waals surface area contributed by atoms with Crippen molar-refractivity contribution in [1.29, 1.82) is 0 Å². The Balaban J connectivity index is 2.30. The first-order valence-corrected chi connectivity index (χ1v) is 5.65. The minimum Gasteiger partial charge on any atom is -0.475 e. The molecule has 0 saturated heterocycles. The fourth-order valence-electron chi connectivity index (χ4n) is 1.51. The van der Waals surface area contributed by atoms with Crippen molar-refractivity contribution in [3.05, 3.63) is 16.3 Å². The average Bonchev–Trinajstić information content (AvgIpc) is 2.98. The number of rotatable bonds is 4. The number of halogens is 1. The lowest BCUT2D eigenvalue weighted by Crippen LogP contribution is -2.25. The Morgan fingerprint density at radius 1 is 1.75 bits per heavy atom. The van der Waals surface area contributed by atoms with Crippen molar-refractivity contribution in [2.24, 2.45) is 0 Å². The van der Waals surface area contributed by atoms with Crippen LogP contribution in [0, 0.1) is 12.3 Å². The Bertz CT molecular complexity index is 456. The Morgan fingerprint density at radius 2 is 2.44 bits per heavy atom.